The number of nitrogens with one attached hydrogen (secondary N) is 2. The maximum atomic E-state index is 11.9. The summed E-state index contributed by atoms with van der Waals surface area (Å²) in [7, 11) is 0. The molecule has 1 aliphatic heterocycles. The topological polar surface area (TPSA) is 78.4 Å². The highest BCUT2D eigenvalue weighted by Crippen LogP contribution is 2.30. The van der Waals surface area contributed by atoms with E-state index in [1.165, 1.54) is 12.8 Å². The second kappa shape index (κ2) is 6.37. The van der Waals surface area contributed by atoms with E-state index in [2.05, 4.69) is 10.6 Å². The van der Waals surface area contributed by atoms with Gasteiger partial charge in [-0.15, -0.1) is 0 Å². The molecule has 0 aromatic heterocycles. The molecule has 0 spiro atoms. The molecule has 5 heteroatoms. The lowest BCUT2D eigenvalue weighted by Gasteiger charge is -2.27. The van der Waals surface area contributed by atoms with Crippen LogP contribution in [-0.2, 0) is 9.59 Å². The summed E-state index contributed by atoms with van der Waals surface area (Å²) in [6, 6.07) is 0.420. The first-order chi connectivity index (χ1) is 9.12. The molecule has 2 rings (SSSR count). The van der Waals surface area contributed by atoms with Crippen molar-refractivity contribution in [3.63, 3.8) is 0 Å². The molecular formula is C14H24N2O3. The Hall–Kier alpha value is -1.10. The van der Waals surface area contributed by atoms with Crippen LogP contribution in [0.2, 0.25) is 0 Å². The van der Waals surface area contributed by atoms with Gasteiger partial charge in [0.05, 0.1) is 0 Å². The van der Waals surface area contributed by atoms with Crippen LogP contribution in [0.25, 0.3) is 0 Å². The predicted octanol–water partition coefficient (Wildman–Crippen LogP) is 1.42. The van der Waals surface area contributed by atoms with E-state index < -0.39 is 11.5 Å². The van der Waals surface area contributed by atoms with Crippen LogP contribution in [-0.4, -0.2) is 35.1 Å². The molecular weight excluding hydrogens is 244 g/mol. The largest absolute Gasteiger partial charge is 0.480 e. The Labute approximate surface area is 114 Å². The number of hydrogen-bond acceptors (Lipinski definition) is 3. The van der Waals surface area contributed by atoms with E-state index in [9.17, 15) is 14.7 Å². The number of carboxylic acid groups (broad SMARTS) is 1. The second-order valence-electron chi connectivity index (χ2n) is 5.83. The zero-order valence-electron chi connectivity index (χ0n) is 11.4. The Kier molecular flexibility index (Phi) is 4.80. The summed E-state index contributed by atoms with van der Waals surface area (Å²) in [5, 5.41) is 15.5. The Morgan fingerprint density at radius 3 is 2.53 bits per heavy atom. The number of hydrogen-bond donors (Lipinski definition) is 3. The fraction of sp³-hybridized carbons (Fsp3) is 0.857. The smallest absolute Gasteiger partial charge is 0.329 e. The average molecular weight is 268 g/mol. The molecule has 0 bridgehead atoms. The summed E-state index contributed by atoms with van der Waals surface area (Å²) in [6.07, 6.45) is 7.69. The van der Waals surface area contributed by atoms with Gasteiger partial charge in [-0.25, -0.2) is 4.79 Å². The fourth-order valence-corrected chi connectivity index (χ4v) is 3.18. The molecule has 0 aromatic rings. The van der Waals surface area contributed by atoms with E-state index >= 15 is 0 Å². The van der Waals surface area contributed by atoms with Crippen molar-refractivity contribution in [2.24, 2.45) is 0 Å². The van der Waals surface area contributed by atoms with Gasteiger partial charge in [-0.3, -0.25) is 4.79 Å². The molecule has 2 aliphatic rings. The molecule has 5 nitrogen and oxygen atoms in total. The highest BCUT2D eigenvalue weighted by Gasteiger charge is 2.42. The SMILES string of the molecule is O=C(CCC1CCCCN1)NC1(C(=O)O)CCCC1. The van der Waals surface area contributed by atoms with Gasteiger partial charge in [0.1, 0.15) is 5.54 Å². The number of amides is 1. The first-order valence-corrected chi connectivity index (χ1v) is 7.40. The molecule has 3 N–H and O–H groups in total. The molecule has 1 atom stereocenters. The van der Waals surface area contributed by atoms with Crippen molar-refractivity contribution in [2.45, 2.75) is 69.4 Å². The first kappa shape index (κ1) is 14.3. The molecule has 108 valence electrons. The standard InChI is InChI=1S/C14H24N2O3/c17-12(7-6-11-5-1-4-10-15-11)16-14(13(18)19)8-2-3-9-14/h11,15H,1-10H2,(H,16,17)(H,18,19). The maximum Gasteiger partial charge on any atom is 0.329 e. The van der Waals surface area contributed by atoms with Crippen LogP contribution in [0.4, 0.5) is 0 Å². The zero-order valence-corrected chi connectivity index (χ0v) is 11.4. The molecule has 1 saturated carbocycles. The van der Waals surface area contributed by atoms with Crippen molar-refractivity contribution in [2.75, 3.05) is 6.54 Å². The third-order valence-corrected chi connectivity index (χ3v) is 4.38. The van der Waals surface area contributed by atoms with Gasteiger partial charge in [-0.05, 0) is 38.6 Å². The Morgan fingerprint density at radius 2 is 1.95 bits per heavy atom. The molecule has 2 fully saturated rings. The van der Waals surface area contributed by atoms with Crippen molar-refractivity contribution in [3.8, 4) is 0 Å². The van der Waals surface area contributed by atoms with Crippen molar-refractivity contribution in [1.29, 1.82) is 0 Å². The number of carbonyl (C=O) groups is 2. The van der Waals surface area contributed by atoms with E-state index in [0.717, 1.165) is 32.2 Å². The molecule has 0 radical (unpaired) electrons. The highest BCUT2D eigenvalue weighted by molar-refractivity contribution is 5.87. The number of carboxylic acids is 1. The lowest BCUT2D eigenvalue weighted by atomic mass is 9.96. The summed E-state index contributed by atoms with van der Waals surface area (Å²) < 4.78 is 0. The summed E-state index contributed by atoms with van der Waals surface area (Å²) in [4.78, 5) is 23.3. The quantitative estimate of drug-likeness (QED) is 0.704. The summed E-state index contributed by atoms with van der Waals surface area (Å²) >= 11 is 0. The van der Waals surface area contributed by atoms with Crippen molar-refractivity contribution in [3.05, 3.63) is 0 Å². The van der Waals surface area contributed by atoms with Crippen LogP contribution in [0.5, 0.6) is 0 Å². The van der Waals surface area contributed by atoms with Crippen LogP contribution in [0, 0.1) is 0 Å². The third kappa shape index (κ3) is 3.69. The fourth-order valence-electron chi connectivity index (χ4n) is 3.18. The lowest BCUT2D eigenvalue weighted by molar-refractivity contribution is -0.147. The molecule has 1 heterocycles. The van der Waals surface area contributed by atoms with Gasteiger partial charge >= 0.3 is 5.97 Å². The minimum atomic E-state index is -0.989. The third-order valence-electron chi connectivity index (χ3n) is 4.38. The highest BCUT2D eigenvalue weighted by atomic mass is 16.4. The summed E-state index contributed by atoms with van der Waals surface area (Å²) in [6.45, 7) is 1.03. The Morgan fingerprint density at radius 1 is 1.21 bits per heavy atom. The van der Waals surface area contributed by atoms with Crippen molar-refractivity contribution in [1.82, 2.24) is 10.6 Å². The number of aliphatic carboxylic acids is 1. The number of carbonyl (C=O) groups excluding carboxylic acids is 1. The minimum absolute atomic E-state index is 0.114. The number of piperidine rings is 1. The predicted molar refractivity (Wildman–Crippen MR) is 71.9 cm³/mol. The van der Waals surface area contributed by atoms with Gasteiger partial charge in [0.2, 0.25) is 5.91 Å². The zero-order chi connectivity index (χ0) is 13.7. The van der Waals surface area contributed by atoms with Crippen LogP contribution < -0.4 is 10.6 Å². The average Bonchev–Trinajstić information content (AvgIpc) is 2.87. The molecule has 1 unspecified atom stereocenters. The van der Waals surface area contributed by atoms with E-state index in [-0.39, 0.29) is 5.91 Å². The molecule has 1 aliphatic carbocycles. The summed E-state index contributed by atoms with van der Waals surface area (Å²) in [5.41, 5.74) is -0.989. The maximum absolute atomic E-state index is 11.9. The molecule has 0 aromatic carbocycles. The van der Waals surface area contributed by atoms with Crippen LogP contribution in [0.15, 0.2) is 0 Å². The van der Waals surface area contributed by atoms with Crippen molar-refractivity contribution < 1.29 is 14.7 Å². The first-order valence-electron chi connectivity index (χ1n) is 7.40. The van der Waals surface area contributed by atoms with Gasteiger partial charge in [-0.1, -0.05) is 19.3 Å². The Balaban J connectivity index is 1.78. The van der Waals surface area contributed by atoms with Gasteiger partial charge in [0.15, 0.2) is 0 Å². The monoisotopic (exact) mass is 268 g/mol. The van der Waals surface area contributed by atoms with Gasteiger partial charge in [0.25, 0.3) is 0 Å². The van der Waals surface area contributed by atoms with E-state index in [1.54, 1.807) is 0 Å². The van der Waals surface area contributed by atoms with Gasteiger partial charge in [0, 0.05) is 12.5 Å². The lowest BCUT2D eigenvalue weighted by Crippen LogP contribution is -2.52. The molecule has 1 saturated heterocycles. The normalized spacial score (nSPS) is 26.0. The van der Waals surface area contributed by atoms with Gasteiger partial charge < -0.3 is 15.7 Å². The van der Waals surface area contributed by atoms with Crippen molar-refractivity contribution >= 4 is 11.9 Å². The van der Waals surface area contributed by atoms with Crippen LogP contribution in [0.1, 0.15) is 57.8 Å². The van der Waals surface area contributed by atoms with E-state index in [1.807, 2.05) is 0 Å². The second-order valence-corrected chi connectivity index (χ2v) is 5.83. The number of rotatable bonds is 5. The molecule has 1 amide bonds. The van der Waals surface area contributed by atoms with E-state index in [0.29, 0.717) is 25.3 Å². The summed E-state index contributed by atoms with van der Waals surface area (Å²) in [5.74, 6) is -0.995. The van der Waals surface area contributed by atoms with Crippen LogP contribution in [0.3, 0.4) is 0 Å². The molecule has 19 heavy (non-hydrogen) atoms. The Bertz CT molecular complexity index is 332. The minimum Gasteiger partial charge on any atom is -0.480 e. The van der Waals surface area contributed by atoms with Gasteiger partial charge in [-0.2, -0.15) is 0 Å². The van der Waals surface area contributed by atoms with E-state index in [4.69, 9.17) is 0 Å². The van der Waals surface area contributed by atoms with Crippen LogP contribution >= 0.6 is 0 Å².